The fourth-order valence-corrected chi connectivity index (χ4v) is 3.04. The number of hydrogen-bond acceptors (Lipinski definition) is 10. The Hall–Kier alpha value is -4.55. The third-order valence-corrected chi connectivity index (χ3v) is 4.70. The molecular weight excluding hydrogens is 432 g/mol. The fourth-order valence-electron chi connectivity index (χ4n) is 3.04. The lowest BCUT2D eigenvalue weighted by molar-refractivity contribution is -0.140. The van der Waals surface area contributed by atoms with E-state index in [4.69, 9.17) is 16.6 Å². The zero-order chi connectivity index (χ0) is 24.1. The van der Waals surface area contributed by atoms with Crippen LogP contribution in [0.3, 0.4) is 0 Å². The van der Waals surface area contributed by atoms with Gasteiger partial charge in [0, 0.05) is 24.7 Å². The standard InChI is InChI=1S/C20H22N8O5/c1-28(9-11-8-23-15-16(21)26-20(22)27-17(15)24-11)12-4-2-3-10(7-12)18(31)25-13(19(32)33)5-6-14(29)30/h2-4,7-8,13H,5-6,9H2,1H3,(H,25,31)(H,29,30)(H,32,33)(H4,21,22,24,26,27). The molecule has 0 saturated carbocycles. The minimum Gasteiger partial charge on any atom is -0.481 e. The Bertz CT molecular complexity index is 1220. The maximum atomic E-state index is 12.5. The quantitative estimate of drug-likeness (QED) is 0.295. The van der Waals surface area contributed by atoms with Crippen molar-refractivity contribution >= 4 is 46.5 Å². The Labute approximate surface area is 187 Å². The maximum absolute atomic E-state index is 12.5. The van der Waals surface area contributed by atoms with Gasteiger partial charge < -0.3 is 31.9 Å². The number of carboxylic acid groups (broad SMARTS) is 2. The highest BCUT2D eigenvalue weighted by atomic mass is 16.4. The number of anilines is 3. The first-order chi connectivity index (χ1) is 15.6. The van der Waals surface area contributed by atoms with Crippen molar-refractivity contribution in [2.24, 2.45) is 0 Å². The van der Waals surface area contributed by atoms with Crippen LogP contribution in [0, 0.1) is 0 Å². The molecule has 3 rings (SSSR count). The van der Waals surface area contributed by atoms with E-state index in [1.165, 1.54) is 12.3 Å². The summed E-state index contributed by atoms with van der Waals surface area (Å²) in [4.78, 5) is 52.9. The monoisotopic (exact) mass is 454 g/mol. The van der Waals surface area contributed by atoms with E-state index >= 15 is 0 Å². The van der Waals surface area contributed by atoms with Crippen LogP contribution in [-0.2, 0) is 16.1 Å². The summed E-state index contributed by atoms with van der Waals surface area (Å²) in [6.45, 7) is 0.314. The number of aromatic nitrogens is 4. The molecule has 0 aliphatic rings. The Morgan fingerprint density at radius 3 is 2.61 bits per heavy atom. The topological polar surface area (TPSA) is 211 Å². The first-order valence-electron chi connectivity index (χ1n) is 9.75. The summed E-state index contributed by atoms with van der Waals surface area (Å²) >= 11 is 0. The van der Waals surface area contributed by atoms with Gasteiger partial charge in [0.2, 0.25) is 5.95 Å². The molecule has 2 aromatic heterocycles. The summed E-state index contributed by atoms with van der Waals surface area (Å²) in [5.41, 5.74) is 13.4. The number of amides is 1. The van der Waals surface area contributed by atoms with Crippen LogP contribution in [0.5, 0.6) is 0 Å². The van der Waals surface area contributed by atoms with Crippen LogP contribution in [0.25, 0.3) is 11.2 Å². The Balaban J connectivity index is 1.74. The highest BCUT2D eigenvalue weighted by Crippen LogP contribution is 2.19. The summed E-state index contributed by atoms with van der Waals surface area (Å²) in [7, 11) is 1.78. The molecular formula is C20H22N8O5. The smallest absolute Gasteiger partial charge is 0.326 e. The second-order valence-electron chi connectivity index (χ2n) is 7.20. The van der Waals surface area contributed by atoms with E-state index < -0.39 is 23.9 Å². The molecule has 3 aromatic rings. The third kappa shape index (κ3) is 5.78. The Kier molecular flexibility index (Phi) is 6.81. The highest BCUT2D eigenvalue weighted by molar-refractivity contribution is 5.97. The number of nitrogens with zero attached hydrogens (tertiary/aromatic N) is 5. The van der Waals surface area contributed by atoms with E-state index in [1.807, 2.05) is 0 Å². The molecule has 33 heavy (non-hydrogen) atoms. The maximum Gasteiger partial charge on any atom is 0.326 e. The highest BCUT2D eigenvalue weighted by Gasteiger charge is 2.22. The Morgan fingerprint density at radius 1 is 1.15 bits per heavy atom. The largest absolute Gasteiger partial charge is 0.481 e. The van der Waals surface area contributed by atoms with Crippen molar-refractivity contribution in [3.05, 3.63) is 41.7 Å². The molecule has 13 heteroatoms. The van der Waals surface area contributed by atoms with E-state index in [0.29, 0.717) is 23.4 Å². The normalized spacial score (nSPS) is 11.7. The van der Waals surface area contributed by atoms with Gasteiger partial charge >= 0.3 is 11.9 Å². The van der Waals surface area contributed by atoms with E-state index in [-0.39, 0.29) is 35.8 Å². The van der Waals surface area contributed by atoms with Crippen LogP contribution in [0.15, 0.2) is 30.5 Å². The van der Waals surface area contributed by atoms with Crippen LogP contribution in [0.2, 0.25) is 0 Å². The van der Waals surface area contributed by atoms with Gasteiger partial charge in [-0.15, -0.1) is 0 Å². The number of nitrogens with two attached hydrogens (primary N) is 2. The van der Waals surface area contributed by atoms with Crippen molar-refractivity contribution in [1.82, 2.24) is 25.3 Å². The van der Waals surface area contributed by atoms with Crippen LogP contribution in [-0.4, -0.2) is 61.1 Å². The van der Waals surface area contributed by atoms with E-state index in [9.17, 15) is 19.5 Å². The van der Waals surface area contributed by atoms with Gasteiger partial charge in [-0.2, -0.15) is 9.97 Å². The first-order valence-corrected chi connectivity index (χ1v) is 9.75. The molecule has 7 N–H and O–H groups in total. The van der Waals surface area contributed by atoms with Crippen LogP contribution in [0.4, 0.5) is 17.5 Å². The zero-order valence-electron chi connectivity index (χ0n) is 17.6. The lowest BCUT2D eigenvalue weighted by Crippen LogP contribution is -2.41. The molecule has 0 spiro atoms. The van der Waals surface area contributed by atoms with Gasteiger partial charge in [0.1, 0.15) is 11.6 Å². The van der Waals surface area contributed by atoms with Crippen molar-refractivity contribution in [1.29, 1.82) is 0 Å². The molecule has 1 atom stereocenters. The number of hydrogen-bond donors (Lipinski definition) is 5. The fraction of sp³-hybridized carbons (Fsp3) is 0.250. The van der Waals surface area contributed by atoms with Gasteiger partial charge in [0.25, 0.3) is 5.91 Å². The lowest BCUT2D eigenvalue weighted by Gasteiger charge is -2.20. The van der Waals surface area contributed by atoms with Crippen LogP contribution >= 0.6 is 0 Å². The van der Waals surface area contributed by atoms with E-state index in [1.54, 1.807) is 30.1 Å². The van der Waals surface area contributed by atoms with E-state index in [0.717, 1.165) is 0 Å². The molecule has 1 aromatic carbocycles. The first kappa shape index (κ1) is 23.1. The molecule has 1 unspecified atom stereocenters. The predicted octanol–water partition coefficient (Wildman–Crippen LogP) is 0.268. The lowest BCUT2D eigenvalue weighted by atomic mass is 10.1. The van der Waals surface area contributed by atoms with Gasteiger partial charge in [-0.3, -0.25) is 9.59 Å². The minimum atomic E-state index is -1.32. The van der Waals surface area contributed by atoms with Gasteiger partial charge in [0.05, 0.1) is 18.4 Å². The molecule has 0 saturated heterocycles. The molecule has 0 bridgehead atoms. The minimum absolute atomic E-state index is 0.0125. The number of aliphatic carboxylic acids is 2. The molecule has 0 radical (unpaired) electrons. The number of carbonyl (C=O) groups excluding carboxylic acids is 1. The molecule has 0 aliphatic carbocycles. The van der Waals surface area contributed by atoms with Crippen LogP contribution in [0.1, 0.15) is 28.9 Å². The number of carbonyl (C=O) groups is 3. The van der Waals surface area contributed by atoms with Crippen molar-refractivity contribution < 1.29 is 24.6 Å². The number of fused-ring (bicyclic) bond motifs is 1. The second-order valence-corrected chi connectivity index (χ2v) is 7.20. The summed E-state index contributed by atoms with van der Waals surface area (Å²) in [5.74, 6) is -2.96. The van der Waals surface area contributed by atoms with Gasteiger partial charge in [-0.05, 0) is 24.6 Å². The van der Waals surface area contributed by atoms with Crippen LogP contribution < -0.4 is 21.7 Å². The van der Waals surface area contributed by atoms with E-state index in [2.05, 4.69) is 25.3 Å². The van der Waals surface area contributed by atoms with Gasteiger partial charge in [-0.1, -0.05) is 6.07 Å². The average molecular weight is 454 g/mol. The average Bonchev–Trinajstić information content (AvgIpc) is 2.75. The summed E-state index contributed by atoms with van der Waals surface area (Å²) < 4.78 is 0. The molecule has 2 heterocycles. The molecule has 1 amide bonds. The SMILES string of the molecule is CN(Cc1cnc2c(N)nc(N)nc2n1)c1cccc(C(=O)NC(CCC(=O)O)C(=O)O)c1. The molecule has 0 aliphatic heterocycles. The number of nitrogens with one attached hydrogen (secondary N) is 1. The summed E-state index contributed by atoms with van der Waals surface area (Å²) in [6.07, 6.45) is 0.926. The molecule has 172 valence electrons. The summed E-state index contributed by atoms with van der Waals surface area (Å²) in [5, 5.41) is 20.4. The van der Waals surface area contributed by atoms with Crippen molar-refractivity contribution in [2.45, 2.75) is 25.4 Å². The van der Waals surface area contributed by atoms with Gasteiger partial charge in [0.15, 0.2) is 11.5 Å². The second kappa shape index (κ2) is 9.72. The van der Waals surface area contributed by atoms with Gasteiger partial charge in [-0.25, -0.2) is 14.8 Å². The molecule has 13 nitrogen and oxygen atoms in total. The molecule has 0 fully saturated rings. The van der Waals surface area contributed by atoms with Crippen molar-refractivity contribution in [3.8, 4) is 0 Å². The zero-order valence-corrected chi connectivity index (χ0v) is 17.6. The van der Waals surface area contributed by atoms with Crippen molar-refractivity contribution in [2.75, 3.05) is 23.4 Å². The van der Waals surface area contributed by atoms with Crippen molar-refractivity contribution in [3.63, 3.8) is 0 Å². The number of nitrogen functional groups attached to an aromatic ring is 2. The third-order valence-electron chi connectivity index (χ3n) is 4.70. The predicted molar refractivity (Wildman–Crippen MR) is 118 cm³/mol. The summed E-state index contributed by atoms with van der Waals surface area (Å²) in [6, 6.07) is 5.21. The number of rotatable bonds is 9. The Morgan fingerprint density at radius 2 is 1.91 bits per heavy atom. The number of carboxylic acids is 2. The number of benzene rings is 1.